The van der Waals surface area contributed by atoms with Gasteiger partial charge in [-0.15, -0.1) is 0 Å². The van der Waals surface area contributed by atoms with E-state index in [2.05, 4.69) is 0 Å². The van der Waals surface area contributed by atoms with E-state index in [9.17, 15) is 4.79 Å². The summed E-state index contributed by atoms with van der Waals surface area (Å²) in [7, 11) is 1.66. The Kier molecular flexibility index (Phi) is 3.71. The van der Waals surface area contributed by atoms with Gasteiger partial charge in [-0.1, -0.05) is 0 Å². The lowest BCUT2D eigenvalue weighted by molar-refractivity contribution is 0.0877. The minimum Gasteiger partial charge on any atom is -0.496 e. The van der Waals surface area contributed by atoms with Crippen LogP contribution < -0.4 is 4.74 Å². The van der Waals surface area contributed by atoms with Crippen LogP contribution in [0.3, 0.4) is 0 Å². The van der Waals surface area contributed by atoms with Gasteiger partial charge < -0.3 is 9.47 Å². The Bertz CT molecular complexity index is 442. The molecule has 0 spiro atoms. The molecule has 1 aromatic carbocycles. The normalized spacial score (nSPS) is 23.1. The van der Waals surface area contributed by atoms with Gasteiger partial charge in [0.05, 0.1) is 19.8 Å². The van der Waals surface area contributed by atoms with Crippen molar-refractivity contribution in [2.24, 2.45) is 5.92 Å². The van der Waals surface area contributed by atoms with Gasteiger partial charge in [-0.25, -0.2) is 0 Å². The Morgan fingerprint density at radius 2 is 1.94 bits per heavy atom. The fraction of sp³-hybridized carbons (Fsp3) is 0.533. The quantitative estimate of drug-likeness (QED) is 0.771. The molecule has 2 rings (SSSR count). The van der Waals surface area contributed by atoms with E-state index in [4.69, 9.17) is 9.47 Å². The van der Waals surface area contributed by atoms with Gasteiger partial charge in [-0.2, -0.15) is 0 Å². The van der Waals surface area contributed by atoms with Crippen molar-refractivity contribution < 1.29 is 14.3 Å². The van der Waals surface area contributed by atoms with Crippen LogP contribution in [0.1, 0.15) is 34.8 Å². The van der Waals surface area contributed by atoms with Crippen LogP contribution >= 0.6 is 0 Å². The van der Waals surface area contributed by atoms with Crippen LogP contribution in [0.4, 0.5) is 0 Å². The summed E-state index contributed by atoms with van der Waals surface area (Å²) in [6.07, 6.45) is 1.02. The van der Waals surface area contributed by atoms with E-state index in [1.54, 1.807) is 7.11 Å². The molecule has 1 aliphatic heterocycles. The van der Waals surface area contributed by atoms with E-state index in [0.29, 0.717) is 6.61 Å². The smallest absolute Gasteiger partial charge is 0.168 e. The van der Waals surface area contributed by atoms with Crippen molar-refractivity contribution in [3.8, 4) is 5.75 Å². The zero-order chi connectivity index (χ0) is 13.3. The molecule has 0 aliphatic carbocycles. The predicted octanol–water partition coefficient (Wildman–Crippen LogP) is 2.92. The first-order valence-corrected chi connectivity index (χ1v) is 6.34. The molecule has 1 aromatic rings. The monoisotopic (exact) mass is 248 g/mol. The second kappa shape index (κ2) is 5.11. The summed E-state index contributed by atoms with van der Waals surface area (Å²) in [6.45, 7) is 6.49. The first kappa shape index (κ1) is 13.1. The summed E-state index contributed by atoms with van der Waals surface area (Å²) in [6, 6.07) is 3.83. The number of carbonyl (C=O) groups excluding carboxylic acids is 1. The van der Waals surface area contributed by atoms with Crippen LogP contribution in [0.2, 0.25) is 0 Å². The van der Waals surface area contributed by atoms with Crippen LogP contribution in [0.15, 0.2) is 12.1 Å². The Labute approximate surface area is 108 Å². The highest BCUT2D eigenvalue weighted by Gasteiger charge is 2.29. The van der Waals surface area contributed by atoms with E-state index in [0.717, 1.165) is 28.9 Å². The third kappa shape index (κ3) is 2.41. The molecule has 0 bridgehead atoms. The highest BCUT2D eigenvalue weighted by atomic mass is 16.5. The SMILES string of the molecule is COc1c(C)cc(C(=O)C2COC(C)C2)cc1C. The van der Waals surface area contributed by atoms with Crippen molar-refractivity contribution in [2.75, 3.05) is 13.7 Å². The molecule has 0 radical (unpaired) electrons. The third-order valence-corrected chi connectivity index (χ3v) is 3.52. The highest BCUT2D eigenvalue weighted by molar-refractivity contribution is 5.98. The van der Waals surface area contributed by atoms with Crippen LogP contribution in [0.5, 0.6) is 5.75 Å². The van der Waals surface area contributed by atoms with Crippen LogP contribution in [0, 0.1) is 19.8 Å². The molecule has 3 nitrogen and oxygen atoms in total. The summed E-state index contributed by atoms with van der Waals surface area (Å²) < 4.78 is 10.8. The number of rotatable bonds is 3. The third-order valence-electron chi connectivity index (χ3n) is 3.52. The molecule has 0 N–H and O–H groups in total. The summed E-state index contributed by atoms with van der Waals surface area (Å²) in [4.78, 5) is 12.4. The molecule has 2 atom stereocenters. The Hall–Kier alpha value is -1.35. The topological polar surface area (TPSA) is 35.5 Å². The van der Waals surface area contributed by atoms with E-state index in [1.807, 2.05) is 32.9 Å². The minimum atomic E-state index is 0.00666. The number of carbonyl (C=O) groups is 1. The van der Waals surface area contributed by atoms with E-state index in [-0.39, 0.29) is 17.8 Å². The van der Waals surface area contributed by atoms with Crippen LogP contribution in [0.25, 0.3) is 0 Å². The molecule has 1 aliphatic rings. The second-order valence-corrected chi connectivity index (χ2v) is 5.08. The number of benzene rings is 1. The van der Waals surface area contributed by atoms with Crippen molar-refractivity contribution >= 4 is 5.78 Å². The molecule has 0 aromatic heterocycles. The van der Waals surface area contributed by atoms with Gasteiger partial charge in [0.1, 0.15) is 5.75 Å². The van der Waals surface area contributed by atoms with Crippen molar-refractivity contribution in [3.05, 3.63) is 28.8 Å². The fourth-order valence-corrected chi connectivity index (χ4v) is 2.65. The summed E-state index contributed by atoms with van der Waals surface area (Å²) in [5, 5.41) is 0. The van der Waals surface area contributed by atoms with Crippen LogP contribution in [-0.4, -0.2) is 25.6 Å². The molecule has 1 heterocycles. The molecule has 1 fully saturated rings. The Balaban J connectivity index is 2.26. The summed E-state index contributed by atoms with van der Waals surface area (Å²) >= 11 is 0. The van der Waals surface area contributed by atoms with Crippen molar-refractivity contribution in [1.82, 2.24) is 0 Å². The lowest BCUT2D eigenvalue weighted by Crippen LogP contribution is -2.15. The average molecular weight is 248 g/mol. The van der Waals surface area contributed by atoms with Crippen molar-refractivity contribution in [2.45, 2.75) is 33.3 Å². The fourth-order valence-electron chi connectivity index (χ4n) is 2.65. The van der Waals surface area contributed by atoms with Gasteiger partial charge in [0.2, 0.25) is 0 Å². The van der Waals surface area contributed by atoms with Gasteiger partial charge in [0.15, 0.2) is 5.78 Å². The highest BCUT2D eigenvalue weighted by Crippen LogP contribution is 2.28. The largest absolute Gasteiger partial charge is 0.496 e. The first-order valence-electron chi connectivity index (χ1n) is 6.34. The molecule has 3 heteroatoms. The maximum Gasteiger partial charge on any atom is 0.168 e. The number of ketones is 1. The molecular formula is C15H20O3. The van der Waals surface area contributed by atoms with Crippen molar-refractivity contribution in [3.63, 3.8) is 0 Å². The van der Waals surface area contributed by atoms with Crippen molar-refractivity contribution in [1.29, 1.82) is 0 Å². The van der Waals surface area contributed by atoms with Crippen LogP contribution in [-0.2, 0) is 4.74 Å². The second-order valence-electron chi connectivity index (χ2n) is 5.08. The maximum absolute atomic E-state index is 12.4. The van der Waals surface area contributed by atoms with Gasteiger partial charge in [0, 0.05) is 11.5 Å². The number of hydrogen-bond donors (Lipinski definition) is 0. The van der Waals surface area contributed by atoms with Gasteiger partial charge in [-0.3, -0.25) is 4.79 Å². The summed E-state index contributed by atoms with van der Waals surface area (Å²) in [5.74, 6) is 1.06. The maximum atomic E-state index is 12.4. The molecule has 18 heavy (non-hydrogen) atoms. The molecule has 98 valence electrons. The van der Waals surface area contributed by atoms with Gasteiger partial charge in [0.25, 0.3) is 0 Å². The Morgan fingerprint density at radius 1 is 1.33 bits per heavy atom. The number of hydrogen-bond acceptors (Lipinski definition) is 3. The lowest BCUT2D eigenvalue weighted by atomic mass is 9.93. The van der Waals surface area contributed by atoms with E-state index in [1.165, 1.54) is 0 Å². The lowest BCUT2D eigenvalue weighted by Gasteiger charge is -2.12. The van der Waals surface area contributed by atoms with Gasteiger partial charge in [-0.05, 0) is 50.5 Å². The number of ether oxygens (including phenoxy) is 2. The molecule has 1 saturated heterocycles. The minimum absolute atomic E-state index is 0.00666. The molecular weight excluding hydrogens is 228 g/mol. The zero-order valence-corrected chi connectivity index (χ0v) is 11.4. The van der Waals surface area contributed by atoms with E-state index < -0.39 is 0 Å². The number of aryl methyl sites for hydroxylation is 2. The zero-order valence-electron chi connectivity index (χ0n) is 11.4. The Morgan fingerprint density at radius 3 is 2.39 bits per heavy atom. The molecule has 0 amide bonds. The predicted molar refractivity (Wildman–Crippen MR) is 70.3 cm³/mol. The van der Waals surface area contributed by atoms with Gasteiger partial charge >= 0.3 is 0 Å². The number of methoxy groups -OCH3 is 1. The van der Waals surface area contributed by atoms with E-state index >= 15 is 0 Å². The molecule has 2 unspecified atom stereocenters. The molecule has 0 saturated carbocycles. The summed E-state index contributed by atoms with van der Waals surface area (Å²) in [5.41, 5.74) is 2.79. The standard InChI is InChI=1S/C15H20O3/c1-9-5-12(6-10(2)15(9)17-4)14(16)13-7-11(3)18-8-13/h5-6,11,13H,7-8H2,1-4H3. The number of Topliss-reactive ketones (excluding diaryl/α,β-unsaturated/α-hetero) is 1. The first-order chi connectivity index (χ1) is 8.52. The average Bonchev–Trinajstić information content (AvgIpc) is 2.74.